The number of carbonyl (C=O) groups excluding carboxylic acids is 1. The SMILES string of the molecule is O=C(Cc1ccc(NS(=O)(=O)c2cccs2)cc1)Nc1ccc(I)cc1. The first-order valence-electron chi connectivity index (χ1n) is 7.63. The number of thiophene rings is 1. The first kappa shape index (κ1) is 18.9. The quantitative estimate of drug-likeness (QED) is 0.497. The highest BCUT2D eigenvalue weighted by Crippen LogP contribution is 2.20. The fraction of sp³-hybridized carbons (Fsp3) is 0.0556. The second kappa shape index (κ2) is 8.19. The molecular weight excluding hydrogens is 483 g/mol. The average Bonchev–Trinajstić information content (AvgIpc) is 3.14. The van der Waals surface area contributed by atoms with Crippen LogP contribution in [0.15, 0.2) is 70.3 Å². The Morgan fingerprint density at radius 1 is 0.962 bits per heavy atom. The van der Waals surface area contributed by atoms with E-state index in [2.05, 4.69) is 32.6 Å². The largest absolute Gasteiger partial charge is 0.326 e. The van der Waals surface area contributed by atoms with E-state index in [0.29, 0.717) is 5.69 Å². The van der Waals surface area contributed by atoms with E-state index >= 15 is 0 Å². The molecule has 0 aliphatic carbocycles. The second-order valence-corrected chi connectivity index (χ2v) is 9.57. The highest BCUT2D eigenvalue weighted by atomic mass is 127. The number of amides is 1. The standard InChI is InChI=1S/C18H15IN2O3S2/c19-14-5-9-15(10-6-14)20-17(22)12-13-3-7-16(8-4-13)21-26(23,24)18-2-1-11-25-18/h1-11,21H,12H2,(H,20,22). The van der Waals surface area contributed by atoms with Crippen LogP contribution in [-0.4, -0.2) is 14.3 Å². The number of hydrogen-bond acceptors (Lipinski definition) is 4. The Morgan fingerprint density at radius 2 is 1.62 bits per heavy atom. The summed E-state index contributed by atoms with van der Waals surface area (Å²) in [5.41, 5.74) is 2.00. The molecule has 5 nitrogen and oxygen atoms in total. The van der Waals surface area contributed by atoms with Gasteiger partial charge in [0, 0.05) is 14.9 Å². The van der Waals surface area contributed by atoms with Crippen LogP contribution >= 0.6 is 33.9 Å². The van der Waals surface area contributed by atoms with E-state index < -0.39 is 10.0 Å². The minimum atomic E-state index is -3.56. The number of rotatable bonds is 6. The summed E-state index contributed by atoms with van der Waals surface area (Å²) < 4.78 is 28.3. The minimum absolute atomic E-state index is 0.127. The molecule has 0 aliphatic rings. The van der Waals surface area contributed by atoms with E-state index in [9.17, 15) is 13.2 Å². The number of anilines is 2. The van der Waals surface area contributed by atoms with Crippen LogP contribution in [0.3, 0.4) is 0 Å². The number of carbonyl (C=O) groups is 1. The van der Waals surface area contributed by atoms with Crippen molar-refractivity contribution in [1.29, 1.82) is 0 Å². The van der Waals surface area contributed by atoms with E-state index in [4.69, 9.17) is 0 Å². The summed E-state index contributed by atoms with van der Waals surface area (Å²) in [6, 6.07) is 17.6. The molecule has 0 saturated heterocycles. The molecule has 8 heteroatoms. The first-order chi connectivity index (χ1) is 12.4. The van der Waals surface area contributed by atoms with E-state index in [0.717, 1.165) is 26.2 Å². The lowest BCUT2D eigenvalue weighted by molar-refractivity contribution is -0.115. The molecule has 2 N–H and O–H groups in total. The lowest BCUT2D eigenvalue weighted by Crippen LogP contribution is -2.14. The molecule has 2 aromatic carbocycles. The molecule has 134 valence electrons. The molecule has 1 heterocycles. The third-order valence-corrected chi connectivity index (χ3v) is 6.96. The van der Waals surface area contributed by atoms with Crippen LogP contribution in [0.4, 0.5) is 11.4 Å². The maximum absolute atomic E-state index is 12.2. The summed E-state index contributed by atoms with van der Waals surface area (Å²) >= 11 is 3.36. The Balaban J connectivity index is 1.60. The predicted octanol–water partition coefficient (Wildman–Crippen LogP) is 4.33. The zero-order chi connectivity index (χ0) is 18.6. The molecule has 0 radical (unpaired) electrons. The van der Waals surface area contributed by atoms with Gasteiger partial charge in [0.05, 0.1) is 6.42 Å². The summed E-state index contributed by atoms with van der Waals surface area (Å²) in [7, 11) is -3.56. The van der Waals surface area contributed by atoms with Crippen molar-refractivity contribution in [3.63, 3.8) is 0 Å². The van der Waals surface area contributed by atoms with Crippen molar-refractivity contribution < 1.29 is 13.2 Å². The maximum Gasteiger partial charge on any atom is 0.271 e. The van der Waals surface area contributed by atoms with Gasteiger partial charge >= 0.3 is 0 Å². The summed E-state index contributed by atoms with van der Waals surface area (Å²) in [6.45, 7) is 0. The van der Waals surface area contributed by atoms with Crippen LogP contribution in [0.25, 0.3) is 0 Å². The second-order valence-electron chi connectivity index (χ2n) is 5.47. The predicted molar refractivity (Wildman–Crippen MR) is 113 cm³/mol. The monoisotopic (exact) mass is 498 g/mol. The average molecular weight is 498 g/mol. The number of benzene rings is 2. The number of sulfonamides is 1. The molecule has 0 aliphatic heterocycles. The molecular formula is C18H15IN2O3S2. The fourth-order valence-electron chi connectivity index (χ4n) is 2.24. The summed E-state index contributed by atoms with van der Waals surface area (Å²) in [4.78, 5) is 12.1. The van der Waals surface area contributed by atoms with Crippen molar-refractivity contribution in [2.24, 2.45) is 0 Å². The van der Waals surface area contributed by atoms with Crippen molar-refractivity contribution in [2.75, 3.05) is 10.0 Å². The molecule has 26 heavy (non-hydrogen) atoms. The van der Waals surface area contributed by atoms with E-state index in [1.165, 1.54) is 0 Å². The van der Waals surface area contributed by atoms with Gasteiger partial charge in [0.25, 0.3) is 10.0 Å². The molecule has 0 spiro atoms. The molecule has 3 rings (SSSR count). The van der Waals surface area contributed by atoms with Crippen molar-refractivity contribution in [1.82, 2.24) is 0 Å². The third kappa shape index (κ3) is 5.05. The lowest BCUT2D eigenvalue weighted by Gasteiger charge is -2.08. The molecule has 1 aromatic heterocycles. The number of halogens is 1. The van der Waals surface area contributed by atoms with Crippen molar-refractivity contribution in [3.05, 3.63) is 75.2 Å². The van der Waals surface area contributed by atoms with E-state index in [1.54, 1.807) is 41.8 Å². The van der Waals surface area contributed by atoms with Crippen LogP contribution in [0.5, 0.6) is 0 Å². The van der Waals surface area contributed by atoms with Gasteiger partial charge in [-0.15, -0.1) is 11.3 Å². The molecule has 0 bridgehead atoms. The minimum Gasteiger partial charge on any atom is -0.326 e. The molecule has 0 atom stereocenters. The first-order valence-corrected chi connectivity index (χ1v) is 11.1. The zero-order valence-corrected chi connectivity index (χ0v) is 17.3. The van der Waals surface area contributed by atoms with Crippen LogP contribution in [0, 0.1) is 3.57 Å². The zero-order valence-electron chi connectivity index (χ0n) is 13.5. The van der Waals surface area contributed by atoms with Crippen LogP contribution < -0.4 is 10.0 Å². The third-order valence-electron chi connectivity index (χ3n) is 3.46. The van der Waals surface area contributed by atoms with Crippen LogP contribution in [-0.2, 0) is 21.2 Å². The van der Waals surface area contributed by atoms with Gasteiger partial charge in [0.15, 0.2) is 0 Å². The Hall–Kier alpha value is -1.91. The van der Waals surface area contributed by atoms with Crippen molar-refractivity contribution >= 4 is 61.2 Å². The Bertz CT molecular complexity index is 984. The number of hydrogen-bond donors (Lipinski definition) is 2. The molecule has 1 amide bonds. The summed E-state index contributed by atoms with van der Waals surface area (Å²) in [6.07, 6.45) is 0.212. The Morgan fingerprint density at radius 3 is 2.23 bits per heavy atom. The Kier molecular flexibility index (Phi) is 5.94. The topological polar surface area (TPSA) is 75.3 Å². The van der Waals surface area contributed by atoms with E-state index in [-0.39, 0.29) is 16.5 Å². The molecule has 0 saturated carbocycles. The molecule has 3 aromatic rings. The van der Waals surface area contributed by atoms with Gasteiger partial charge in [-0.05, 0) is 76.0 Å². The van der Waals surface area contributed by atoms with Gasteiger partial charge in [-0.25, -0.2) is 8.42 Å². The van der Waals surface area contributed by atoms with Gasteiger partial charge in [-0.3, -0.25) is 9.52 Å². The van der Waals surface area contributed by atoms with Crippen molar-refractivity contribution in [2.45, 2.75) is 10.6 Å². The summed E-state index contributed by atoms with van der Waals surface area (Å²) in [5.74, 6) is -0.127. The van der Waals surface area contributed by atoms with Crippen molar-refractivity contribution in [3.8, 4) is 0 Å². The van der Waals surface area contributed by atoms with Gasteiger partial charge in [-0.1, -0.05) is 18.2 Å². The van der Waals surface area contributed by atoms with Gasteiger partial charge in [-0.2, -0.15) is 0 Å². The van der Waals surface area contributed by atoms with Gasteiger partial charge in [0.2, 0.25) is 5.91 Å². The highest BCUT2D eigenvalue weighted by molar-refractivity contribution is 14.1. The van der Waals surface area contributed by atoms with Gasteiger partial charge in [0.1, 0.15) is 4.21 Å². The van der Waals surface area contributed by atoms with Crippen LogP contribution in [0.2, 0.25) is 0 Å². The highest BCUT2D eigenvalue weighted by Gasteiger charge is 2.15. The molecule has 0 fully saturated rings. The Labute approximate surface area is 169 Å². The van der Waals surface area contributed by atoms with Gasteiger partial charge < -0.3 is 5.32 Å². The summed E-state index contributed by atoms with van der Waals surface area (Å²) in [5, 5.41) is 4.55. The van der Waals surface area contributed by atoms with E-state index in [1.807, 2.05) is 24.3 Å². The molecule has 0 unspecified atom stereocenters. The van der Waals surface area contributed by atoms with Crippen LogP contribution in [0.1, 0.15) is 5.56 Å². The maximum atomic E-state index is 12.2. The fourth-order valence-corrected chi connectivity index (χ4v) is 4.65. The smallest absolute Gasteiger partial charge is 0.271 e. The lowest BCUT2D eigenvalue weighted by atomic mass is 10.1. The number of nitrogens with one attached hydrogen (secondary N) is 2. The normalized spacial score (nSPS) is 11.1.